The Morgan fingerprint density at radius 3 is 2.87 bits per heavy atom. The summed E-state index contributed by atoms with van der Waals surface area (Å²) in [6.45, 7) is 0. The molecule has 1 aromatic carbocycles. The van der Waals surface area contributed by atoms with E-state index in [9.17, 15) is 4.79 Å². The number of carboxylic acids is 1. The van der Waals surface area contributed by atoms with E-state index < -0.39 is 5.97 Å². The number of furan rings is 1. The molecule has 2 heterocycles. The van der Waals surface area contributed by atoms with Crippen molar-refractivity contribution in [3.63, 3.8) is 0 Å². The number of hydrogen-bond acceptors (Lipinski definition) is 2. The molecule has 2 N–H and O–H groups in total. The lowest BCUT2D eigenvalue weighted by molar-refractivity contribution is 0.0691. The minimum atomic E-state index is -0.981. The second-order valence-electron chi connectivity index (χ2n) is 3.33. The molecule has 0 unspecified atom stereocenters. The molecular weight excluding hydrogens is 194 g/mol. The number of H-pyrrole nitrogens is 1. The fourth-order valence-corrected chi connectivity index (χ4v) is 1.71. The van der Waals surface area contributed by atoms with Crippen LogP contribution in [0.4, 0.5) is 0 Å². The van der Waals surface area contributed by atoms with E-state index in [1.54, 1.807) is 0 Å². The van der Waals surface area contributed by atoms with Crippen molar-refractivity contribution in [2.75, 3.05) is 0 Å². The third kappa shape index (κ3) is 1.05. The van der Waals surface area contributed by atoms with Crippen LogP contribution in [0.5, 0.6) is 0 Å². The maximum absolute atomic E-state index is 10.7. The molecule has 3 rings (SSSR count). The van der Waals surface area contributed by atoms with E-state index in [4.69, 9.17) is 9.52 Å². The highest BCUT2D eigenvalue weighted by atomic mass is 16.4. The van der Waals surface area contributed by atoms with E-state index in [-0.39, 0.29) is 5.69 Å². The molecule has 0 fully saturated rings. The normalized spacial score (nSPS) is 11.2. The zero-order valence-electron chi connectivity index (χ0n) is 7.65. The van der Waals surface area contributed by atoms with E-state index in [1.165, 1.54) is 6.07 Å². The molecule has 4 nitrogen and oxygen atoms in total. The quantitative estimate of drug-likeness (QED) is 0.635. The van der Waals surface area contributed by atoms with Gasteiger partial charge in [-0.1, -0.05) is 12.1 Å². The van der Waals surface area contributed by atoms with Crippen molar-refractivity contribution in [3.8, 4) is 0 Å². The monoisotopic (exact) mass is 201 g/mol. The van der Waals surface area contributed by atoms with Crippen LogP contribution in [0.3, 0.4) is 0 Å². The average molecular weight is 201 g/mol. The molecule has 3 aromatic rings. The van der Waals surface area contributed by atoms with E-state index in [0.717, 1.165) is 16.5 Å². The number of para-hydroxylation sites is 1. The highest BCUT2D eigenvalue weighted by Gasteiger charge is 2.13. The average Bonchev–Trinajstić information content (AvgIpc) is 2.73. The Hall–Kier alpha value is -2.23. The molecule has 0 aliphatic carbocycles. The van der Waals surface area contributed by atoms with Crippen molar-refractivity contribution in [2.24, 2.45) is 0 Å². The van der Waals surface area contributed by atoms with Crippen molar-refractivity contribution in [2.45, 2.75) is 0 Å². The van der Waals surface area contributed by atoms with Gasteiger partial charge in [0.1, 0.15) is 11.3 Å². The SMILES string of the molecule is O=C(O)c1cc2oc3ccccc3c2[nH]1. The van der Waals surface area contributed by atoms with E-state index in [2.05, 4.69) is 4.98 Å². The Morgan fingerprint density at radius 2 is 2.07 bits per heavy atom. The summed E-state index contributed by atoms with van der Waals surface area (Å²) >= 11 is 0. The Labute approximate surface area is 84.1 Å². The molecule has 74 valence electrons. The Morgan fingerprint density at radius 1 is 1.27 bits per heavy atom. The highest BCUT2D eigenvalue weighted by molar-refractivity contribution is 6.05. The molecular formula is C11H7NO3. The number of carboxylic acid groups (broad SMARTS) is 1. The molecule has 0 atom stereocenters. The summed E-state index contributed by atoms with van der Waals surface area (Å²) in [6, 6.07) is 9.01. The van der Waals surface area contributed by atoms with E-state index in [1.807, 2.05) is 24.3 Å². The molecule has 0 amide bonds. The van der Waals surface area contributed by atoms with Gasteiger partial charge in [0.05, 0.1) is 5.52 Å². The minimum absolute atomic E-state index is 0.148. The number of carbonyl (C=O) groups is 1. The second-order valence-corrected chi connectivity index (χ2v) is 3.33. The van der Waals surface area contributed by atoms with Crippen LogP contribution in [0.15, 0.2) is 34.7 Å². The summed E-state index contributed by atoms with van der Waals surface area (Å²) in [5, 5.41) is 9.71. The third-order valence-electron chi connectivity index (χ3n) is 2.39. The van der Waals surface area contributed by atoms with Crippen LogP contribution in [-0.2, 0) is 0 Å². The van der Waals surface area contributed by atoms with E-state index >= 15 is 0 Å². The Balaban J connectivity index is 2.42. The third-order valence-corrected chi connectivity index (χ3v) is 2.39. The van der Waals surface area contributed by atoms with Gasteiger partial charge in [0.25, 0.3) is 0 Å². The summed E-state index contributed by atoms with van der Waals surface area (Å²) < 4.78 is 5.49. The first kappa shape index (κ1) is 8.11. The van der Waals surface area contributed by atoms with Crippen molar-refractivity contribution < 1.29 is 14.3 Å². The number of fused-ring (bicyclic) bond motifs is 3. The molecule has 0 saturated heterocycles. The van der Waals surface area contributed by atoms with Crippen molar-refractivity contribution in [1.29, 1.82) is 0 Å². The molecule has 15 heavy (non-hydrogen) atoms. The zero-order chi connectivity index (χ0) is 10.4. The van der Waals surface area contributed by atoms with Gasteiger partial charge in [-0.25, -0.2) is 4.79 Å². The van der Waals surface area contributed by atoms with Crippen LogP contribution in [0.1, 0.15) is 10.5 Å². The summed E-state index contributed by atoms with van der Waals surface area (Å²) in [6.07, 6.45) is 0. The molecule has 0 radical (unpaired) electrons. The molecule has 0 saturated carbocycles. The summed E-state index contributed by atoms with van der Waals surface area (Å²) in [5.41, 5.74) is 2.22. The fourth-order valence-electron chi connectivity index (χ4n) is 1.71. The fraction of sp³-hybridized carbons (Fsp3) is 0. The van der Waals surface area contributed by atoms with Crippen molar-refractivity contribution >= 4 is 28.0 Å². The van der Waals surface area contributed by atoms with Crippen LogP contribution in [0.2, 0.25) is 0 Å². The maximum Gasteiger partial charge on any atom is 0.352 e. The Bertz CT molecular complexity index is 663. The van der Waals surface area contributed by atoms with Crippen LogP contribution in [0.25, 0.3) is 22.1 Å². The first-order chi connectivity index (χ1) is 7.25. The van der Waals surface area contributed by atoms with Crippen LogP contribution >= 0.6 is 0 Å². The van der Waals surface area contributed by atoms with Gasteiger partial charge in [-0.3, -0.25) is 0 Å². The molecule has 2 aromatic heterocycles. The molecule has 0 bridgehead atoms. The molecule has 4 heteroatoms. The number of rotatable bonds is 1. The van der Waals surface area contributed by atoms with Crippen LogP contribution < -0.4 is 0 Å². The maximum atomic E-state index is 10.7. The summed E-state index contributed by atoms with van der Waals surface area (Å²) in [5.74, 6) is -0.981. The largest absolute Gasteiger partial charge is 0.477 e. The number of aromatic carboxylic acids is 1. The van der Waals surface area contributed by atoms with Gasteiger partial charge in [-0.15, -0.1) is 0 Å². The first-order valence-corrected chi connectivity index (χ1v) is 4.49. The van der Waals surface area contributed by atoms with Crippen LogP contribution in [0, 0.1) is 0 Å². The topological polar surface area (TPSA) is 66.2 Å². The number of aromatic nitrogens is 1. The lowest BCUT2D eigenvalue weighted by Gasteiger charge is -1.87. The van der Waals surface area contributed by atoms with E-state index in [0.29, 0.717) is 5.58 Å². The number of benzene rings is 1. The van der Waals surface area contributed by atoms with Gasteiger partial charge in [0, 0.05) is 11.5 Å². The highest BCUT2D eigenvalue weighted by Crippen LogP contribution is 2.28. The summed E-state index contributed by atoms with van der Waals surface area (Å²) in [4.78, 5) is 13.6. The van der Waals surface area contributed by atoms with Crippen molar-refractivity contribution in [1.82, 2.24) is 4.98 Å². The predicted molar refractivity (Wildman–Crippen MR) is 55.0 cm³/mol. The standard InChI is InChI=1S/C11H7NO3/c13-11(14)7-5-9-10(12-7)6-3-1-2-4-8(6)15-9/h1-5,12H,(H,13,14). The van der Waals surface area contributed by atoms with Gasteiger partial charge < -0.3 is 14.5 Å². The van der Waals surface area contributed by atoms with Crippen molar-refractivity contribution in [3.05, 3.63) is 36.0 Å². The lowest BCUT2D eigenvalue weighted by atomic mass is 10.2. The Kier molecular flexibility index (Phi) is 1.42. The minimum Gasteiger partial charge on any atom is -0.477 e. The summed E-state index contributed by atoms with van der Waals surface area (Å²) in [7, 11) is 0. The van der Waals surface area contributed by atoms with Gasteiger partial charge in [0.2, 0.25) is 0 Å². The van der Waals surface area contributed by atoms with Gasteiger partial charge >= 0.3 is 5.97 Å². The smallest absolute Gasteiger partial charge is 0.352 e. The number of aromatic amines is 1. The predicted octanol–water partition coefficient (Wildman–Crippen LogP) is 2.61. The first-order valence-electron chi connectivity index (χ1n) is 4.49. The van der Waals surface area contributed by atoms with Crippen LogP contribution in [-0.4, -0.2) is 16.1 Å². The number of nitrogens with one attached hydrogen (secondary N) is 1. The number of hydrogen-bond donors (Lipinski definition) is 2. The second kappa shape index (κ2) is 2.63. The van der Waals surface area contributed by atoms with Gasteiger partial charge in [-0.2, -0.15) is 0 Å². The lowest BCUT2D eigenvalue weighted by Crippen LogP contribution is -1.94. The molecule has 0 aliphatic rings. The zero-order valence-corrected chi connectivity index (χ0v) is 7.65. The van der Waals surface area contributed by atoms with Gasteiger partial charge in [0.15, 0.2) is 5.58 Å². The van der Waals surface area contributed by atoms with Gasteiger partial charge in [-0.05, 0) is 12.1 Å². The molecule has 0 spiro atoms. The molecule has 0 aliphatic heterocycles.